The molecule has 1 heterocycles. The van der Waals surface area contributed by atoms with Gasteiger partial charge in [0.15, 0.2) is 0 Å². The molecule has 94 valence electrons. The summed E-state index contributed by atoms with van der Waals surface area (Å²) in [6.45, 7) is 1.96. The minimum absolute atomic E-state index is 0.0842. The summed E-state index contributed by atoms with van der Waals surface area (Å²) in [6, 6.07) is 1.66. The average Bonchev–Trinajstić information content (AvgIpc) is 2.57. The molecule has 0 aliphatic heterocycles. The van der Waals surface area contributed by atoms with E-state index in [2.05, 4.69) is 10.4 Å². The van der Waals surface area contributed by atoms with Gasteiger partial charge < -0.3 is 15.5 Å². The summed E-state index contributed by atoms with van der Waals surface area (Å²) in [6.07, 6.45) is -0.294. The van der Waals surface area contributed by atoms with E-state index in [-0.39, 0.29) is 31.9 Å². The third kappa shape index (κ3) is 4.23. The third-order valence-corrected chi connectivity index (χ3v) is 2.05. The maximum absolute atomic E-state index is 11.4. The fourth-order valence-electron chi connectivity index (χ4n) is 1.34. The first-order valence-corrected chi connectivity index (χ1v) is 5.20. The molecule has 0 radical (unpaired) electrons. The normalized spacial score (nSPS) is 10.2. The molecule has 3 N–H and O–H groups in total. The van der Waals surface area contributed by atoms with Gasteiger partial charge in [-0.05, 0) is 6.92 Å². The van der Waals surface area contributed by atoms with Crippen LogP contribution in [-0.2, 0) is 16.1 Å². The molecule has 0 fully saturated rings. The van der Waals surface area contributed by atoms with Gasteiger partial charge in [-0.2, -0.15) is 5.10 Å². The Morgan fingerprint density at radius 2 is 2.18 bits per heavy atom. The molecule has 0 aliphatic rings. The molecule has 0 saturated heterocycles. The van der Waals surface area contributed by atoms with Crippen LogP contribution in [0.2, 0.25) is 0 Å². The quantitative estimate of drug-likeness (QED) is 0.649. The van der Waals surface area contributed by atoms with Crippen LogP contribution in [-0.4, -0.2) is 38.5 Å². The number of amides is 1. The Labute approximate surface area is 98.1 Å². The number of anilines is 1. The zero-order valence-corrected chi connectivity index (χ0v) is 9.51. The molecular weight excluding hydrogens is 226 g/mol. The molecule has 0 unspecified atom stereocenters. The van der Waals surface area contributed by atoms with Gasteiger partial charge in [-0.15, -0.1) is 0 Å². The minimum atomic E-state index is -1.01. The van der Waals surface area contributed by atoms with E-state index >= 15 is 0 Å². The molecule has 1 rings (SSSR count). The van der Waals surface area contributed by atoms with Crippen LogP contribution in [0.1, 0.15) is 18.5 Å². The smallest absolute Gasteiger partial charge is 0.303 e. The number of carbonyl (C=O) groups excluding carboxylic acids is 1. The number of aliphatic hydroxyl groups is 1. The lowest BCUT2D eigenvalue weighted by atomic mass is 10.3. The third-order valence-electron chi connectivity index (χ3n) is 2.05. The number of aliphatic hydroxyl groups excluding tert-OH is 1. The minimum Gasteiger partial charge on any atom is -0.481 e. The zero-order valence-electron chi connectivity index (χ0n) is 9.51. The second-order valence-electron chi connectivity index (χ2n) is 3.56. The molecule has 7 nitrogen and oxygen atoms in total. The number of rotatable bonds is 6. The van der Waals surface area contributed by atoms with Crippen LogP contribution in [0, 0.1) is 6.92 Å². The number of carboxylic acid groups (broad SMARTS) is 1. The first-order chi connectivity index (χ1) is 8.02. The number of hydrogen-bond donors (Lipinski definition) is 3. The Balaban J connectivity index is 2.60. The predicted molar refractivity (Wildman–Crippen MR) is 59.5 cm³/mol. The average molecular weight is 241 g/mol. The summed E-state index contributed by atoms with van der Waals surface area (Å²) in [5.41, 5.74) is 0.715. The highest BCUT2D eigenvalue weighted by Crippen LogP contribution is 2.10. The summed E-state index contributed by atoms with van der Waals surface area (Å²) in [4.78, 5) is 21.7. The number of carbonyl (C=O) groups is 2. The van der Waals surface area contributed by atoms with Crippen molar-refractivity contribution in [2.45, 2.75) is 26.3 Å². The molecule has 1 aromatic heterocycles. The fourth-order valence-corrected chi connectivity index (χ4v) is 1.34. The predicted octanol–water partition coefficient (Wildman–Crippen LogP) is -0.0129. The standard InChI is InChI=1S/C10H15N3O4/c1-7-6-8(13(12-7)4-5-14)11-9(15)2-3-10(16)17/h6,14H,2-5H2,1H3,(H,11,15)(H,16,17). The number of nitrogens with one attached hydrogen (secondary N) is 1. The molecule has 7 heteroatoms. The van der Waals surface area contributed by atoms with Crippen molar-refractivity contribution in [3.8, 4) is 0 Å². The van der Waals surface area contributed by atoms with Crippen LogP contribution in [0.25, 0.3) is 0 Å². The Hall–Kier alpha value is -1.89. The number of aryl methyl sites for hydroxylation is 1. The first-order valence-electron chi connectivity index (χ1n) is 5.20. The van der Waals surface area contributed by atoms with Gasteiger partial charge in [-0.25, -0.2) is 4.68 Å². The van der Waals surface area contributed by atoms with Crippen molar-refractivity contribution in [2.24, 2.45) is 0 Å². The van der Waals surface area contributed by atoms with Crippen molar-refractivity contribution in [3.63, 3.8) is 0 Å². The van der Waals surface area contributed by atoms with Gasteiger partial charge in [0.05, 0.1) is 25.3 Å². The zero-order chi connectivity index (χ0) is 12.8. The van der Waals surface area contributed by atoms with Crippen molar-refractivity contribution < 1.29 is 19.8 Å². The Morgan fingerprint density at radius 1 is 1.47 bits per heavy atom. The maximum atomic E-state index is 11.4. The number of aliphatic carboxylic acids is 1. The highest BCUT2D eigenvalue weighted by Gasteiger charge is 2.10. The van der Waals surface area contributed by atoms with Crippen molar-refractivity contribution in [1.29, 1.82) is 0 Å². The van der Waals surface area contributed by atoms with Gasteiger partial charge in [-0.1, -0.05) is 0 Å². The first kappa shape index (κ1) is 13.2. The summed E-state index contributed by atoms with van der Waals surface area (Å²) in [5, 5.41) is 23.9. The summed E-state index contributed by atoms with van der Waals surface area (Å²) >= 11 is 0. The number of hydrogen-bond acceptors (Lipinski definition) is 4. The van der Waals surface area contributed by atoms with Gasteiger partial charge in [0.25, 0.3) is 0 Å². The molecule has 0 spiro atoms. The van der Waals surface area contributed by atoms with Crippen LogP contribution >= 0.6 is 0 Å². The van der Waals surface area contributed by atoms with Gasteiger partial charge in [-0.3, -0.25) is 9.59 Å². The molecule has 1 amide bonds. The molecular formula is C10H15N3O4. The Kier molecular flexibility index (Phi) is 4.65. The summed E-state index contributed by atoms with van der Waals surface area (Å²) < 4.78 is 1.47. The van der Waals surface area contributed by atoms with Crippen LogP contribution in [0.3, 0.4) is 0 Å². The van der Waals surface area contributed by atoms with E-state index in [0.29, 0.717) is 11.5 Å². The highest BCUT2D eigenvalue weighted by atomic mass is 16.4. The van der Waals surface area contributed by atoms with E-state index in [1.165, 1.54) is 4.68 Å². The van der Waals surface area contributed by atoms with E-state index in [1.54, 1.807) is 13.0 Å². The largest absolute Gasteiger partial charge is 0.481 e. The van der Waals surface area contributed by atoms with Crippen LogP contribution in [0.15, 0.2) is 6.07 Å². The van der Waals surface area contributed by atoms with Crippen molar-refractivity contribution in [1.82, 2.24) is 9.78 Å². The van der Waals surface area contributed by atoms with E-state index in [9.17, 15) is 9.59 Å². The lowest BCUT2D eigenvalue weighted by molar-refractivity contribution is -0.138. The molecule has 17 heavy (non-hydrogen) atoms. The van der Waals surface area contributed by atoms with Crippen molar-refractivity contribution in [2.75, 3.05) is 11.9 Å². The van der Waals surface area contributed by atoms with Gasteiger partial charge in [0, 0.05) is 12.5 Å². The molecule has 0 aromatic carbocycles. The summed E-state index contributed by atoms with van der Waals surface area (Å²) in [7, 11) is 0. The van der Waals surface area contributed by atoms with Crippen LogP contribution in [0.4, 0.5) is 5.82 Å². The van der Waals surface area contributed by atoms with Gasteiger partial charge in [0.2, 0.25) is 5.91 Å². The Morgan fingerprint density at radius 3 is 2.76 bits per heavy atom. The van der Waals surface area contributed by atoms with Gasteiger partial charge >= 0.3 is 5.97 Å². The topological polar surface area (TPSA) is 104 Å². The van der Waals surface area contributed by atoms with E-state index in [4.69, 9.17) is 10.2 Å². The lowest BCUT2D eigenvalue weighted by Gasteiger charge is -2.06. The van der Waals surface area contributed by atoms with Crippen LogP contribution in [0.5, 0.6) is 0 Å². The number of nitrogens with zero attached hydrogens (tertiary/aromatic N) is 2. The number of aromatic nitrogens is 2. The monoisotopic (exact) mass is 241 g/mol. The van der Waals surface area contributed by atoms with Crippen LogP contribution < -0.4 is 5.32 Å². The summed E-state index contributed by atoms with van der Waals surface area (Å²) in [5.74, 6) is -0.932. The SMILES string of the molecule is Cc1cc(NC(=O)CCC(=O)O)n(CCO)n1. The van der Waals surface area contributed by atoms with Crippen molar-refractivity contribution >= 4 is 17.7 Å². The molecule has 0 aliphatic carbocycles. The molecule has 0 saturated carbocycles. The van der Waals surface area contributed by atoms with Crippen molar-refractivity contribution in [3.05, 3.63) is 11.8 Å². The molecule has 0 atom stereocenters. The highest BCUT2D eigenvalue weighted by molar-refractivity contribution is 5.91. The Bertz CT molecular complexity index is 414. The molecule has 1 aromatic rings. The fraction of sp³-hybridized carbons (Fsp3) is 0.500. The van der Waals surface area contributed by atoms with E-state index in [0.717, 1.165) is 0 Å². The number of carboxylic acids is 1. The van der Waals surface area contributed by atoms with E-state index < -0.39 is 5.97 Å². The second kappa shape index (κ2) is 6.00. The lowest BCUT2D eigenvalue weighted by Crippen LogP contribution is -2.17. The second-order valence-corrected chi connectivity index (χ2v) is 3.56. The van der Waals surface area contributed by atoms with Gasteiger partial charge in [0.1, 0.15) is 5.82 Å². The van der Waals surface area contributed by atoms with E-state index in [1.807, 2.05) is 0 Å². The molecule has 0 bridgehead atoms. The maximum Gasteiger partial charge on any atom is 0.303 e.